The summed E-state index contributed by atoms with van der Waals surface area (Å²) in [6.07, 6.45) is 7.59. The molecule has 1 saturated carbocycles. The first-order valence-corrected chi connectivity index (χ1v) is 7.62. The molecule has 2 heterocycles. The van der Waals surface area contributed by atoms with Crippen LogP contribution in [0.15, 0.2) is 6.20 Å². The number of thiocarbonyl (C=S) groups is 1. The van der Waals surface area contributed by atoms with E-state index in [0.29, 0.717) is 24.2 Å². The number of hydrogen-bond donors (Lipinski definition) is 2. The summed E-state index contributed by atoms with van der Waals surface area (Å²) >= 11 is 4.94. The predicted molar refractivity (Wildman–Crippen MR) is 81.7 cm³/mol. The third-order valence-electron chi connectivity index (χ3n) is 4.57. The molecule has 0 atom stereocenters. The van der Waals surface area contributed by atoms with E-state index >= 15 is 0 Å². The summed E-state index contributed by atoms with van der Waals surface area (Å²) in [6, 6.07) is 0. The van der Waals surface area contributed by atoms with E-state index in [4.69, 9.17) is 18.0 Å². The number of aromatic nitrogens is 2. The van der Waals surface area contributed by atoms with Crippen LogP contribution in [-0.4, -0.2) is 27.0 Å². The van der Waals surface area contributed by atoms with Gasteiger partial charge in [0, 0.05) is 12.8 Å². The van der Waals surface area contributed by atoms with Crippen molar-refractivity contribution in [3.05, 3.63) is 11.8 Å². The molecule has 0 aromatic carbocycles. The average molecular weight is 306 g/mol. The van der Waals surface area contributed by atoms with Gasteiger partial charge in [0.2, 0.25) is 11.8 Å². The molecule has 0 bridgehead atoms. The number of nitrogens with two attached hydrogens (primary N) is 1. The molecule has 0 radical (unpaired) electrons. The Kier molecular flexibility index (Phi) is 3.52. The lowest BCUT2D eigenvalue weighted by Gasteiger charge is -2.42. The van der Waals surface area contributed by atoms with Gasteiger partial charge >= 0.3 is 0 Å². The number of anilines is 1. The van der Waals surface area contributed by atoms with Crippen molar-refractivity contribution in [1.82, 2.24) is 10.2 Å². The molecule has 1 spiro atoms. The first-order valence-electron chi connectivity index (χ1n) is 7.21. The number of nitrogens with one attached hydrogen (secondary N) is 1. The zero-order valence-electron chi connectivity index (χ0n) is 11.7. The molecule has 1 aromatic heterocycles. The second-order valence-corrected chi connectivity index (χ2v) is 6.47. The van der Waals surface area contributed by atoms with E-state index in [1.165, 1.54) is 17.5 Å². The largest absolute Gasteiger partial charge is 0.389 e. The fourth-order valence-electron chi connectivity index (χ4n) is 3.54. The van der Waals surface area contributed by atoms with Crippen LogP contribution in [0, 0.1) is 5.41 Å². The van der Waals surface area contributed by atoms with Crippen LogP contribution in [0.5, 0.6) is 0 Å². The fourth-order valence-corrected chi connectivity index (χ4v) is 3.69. The third-order valence-corrected chi connectivity index (χ3v) is 4.79. The van der Waals surface area contributed by atoms with Crippen LogP contribution >= 0.6 is 12.2 Å². The zero-order valence-corrected chi connectivity index (χ0v) is 12.5. The van der Waals surface area contributed by atoms with Crippen molar-refractivity contribution in [3.8, 4) is 0 Å². The minimum atomic E-state index is -0.185. The van der Waals surface area contributed by atoms with Crippen molar-refractivity contribution in [2.24, 2.45) is 11.1 Å². The molecule has 1 saturated heterocycles. The van der Waals surface area contributed by atoms with Gasteiger partial charge in [-0.1, -0.05) is 31.5 Å². The summed E-state index contributed by atoms with van der Waals surface area (Å²) in [5.41, 5.74) is 5.92. The van der Waals surface area contributed by atoms with Gasteiger partial charge in [0.1, 0.15) is 10.8 Å². The van der Waals surface area contributed by atoms with E-state index in [9.17, 15) is 9.59 Å². The number of H-pyrrole nitrogens is 1. The second-order valence-electron chi connectivity index (χ2n) is 6.03. The first-order chi connectivity index (χ1) is 10.0. The van der Waals surface area contributed by atoms with Gasteiger partial charge in [0.15, 0.2) is 0 Å². The van der Waals surface area contributed by atoms with Crippen LogP contribution in [0.25, 0.3) is 0 Å². The van der Waals surface area contributed by atoms with E-state index in [1.54, 1.807) is 0 Å². The number of rotatable bonds is 2. The van der Waals surface area contributed by atoms with Crippen LogP contribution in [-0.2, 0) is 9.59 Å². The zero-order chi connectivity index (χ0) is 15.0. The highest BCUT2D eigenvalue weighted by Crippen LogP contribution is 2.46. The first kappa shape index (κ1) is 14.2. The maximum Gasteiger partial charge on any atom is 0.235 e. The number of nitrogens with zero attached hydrogens (tertiary/aromatic N) is 2. The summed E-state index contributed by atoms with van der Waals surface area (Å²) in [5.74, 6) is -0.0621. The number of aromatic amines is 1. The smallest absolute Gasteiger partial charge is 0.235 e. The number of carbonyl (C=O) groups is 2. The monoisotopic (exact) mass is 306 g/mol. The molecule has 3 N–H and O–H groups in total. The summed E-state index contributed by atoms with van der Waals surface area (Å²) in [7, 11) is 0. The Hall–Kier alpha value is -1.76. The van der Waals surface area contributed by atoms with Crippen molar-refractivity contribution in [2.75, 3.05) is 4.90 Å². The number of piperidine rings is 1. The highest BCUT2D eigenvalue weighted by Gasteiger charge is 2.45. The van der Waals surface area contributed by atoms with E-state index in [1.807, 2.05) is 0 Å². The maximum absolute atomic E-state index is 12.5. The Morgan fingerprint density at radius 2 is 1.86 bits per heavy atom. The summed E-state index contributed by atoms with van der Waals surface area (Å²) in [6.45, 7) is 0. The van der Waals surface area contributed by atoms with Crippen molar-refractivity contribution in [2.45, 2.75) is 44.9 Å². The molecule has 1 aromatic rings. The number of carbonyl (C=O) groups excluding carboxylic acids is 2. The third kappa shape index (κ3) is 2.46. The molecular formula is C14H18N4O2S. The standard InChI is InChI=1S/C14H18N4O2S/c15-12(21)9-8-16-17-13(9)18-10(19)6-14(7-11(18)20)4-2-1-3-5-14/h8H,1-7H2,(H2,15,21)(H,16,17). The molecule has 112 valence electrons. The van der Waals surface area contributed by atoms with Crippen LogP contribution < -0.4 is 10.6 Å². The molecule has 1 aliphatic heterocycles. The molecule has 7 heteroatoms. The minimum Gasteiger partial charge on any atom is -0.389 e. The van der Waals surface area contributed by atoms with Gasteiger partial charge in [-0.05, 0) is 18.3 Å². The van der Waals surface area contributed by atoms with Gasteiger partial charge in [0.25, 0.3) is 0 Å². The van der Waals surface area contributed by atoms with Gasteiger partial charge in [-0.3, -0.25) is 14.7 Å². The SMILES string of the molecule is NC(=S)c1cn[nH]c1N1C(=O)CC2(CCCCC2)CC1=O. The molecule has 21 heavy (non-hydrogen) atoms. The van der Waals surface area contributed by atoms with E-state index < -0.39 is 0 Å². The van der Waals surface area contributed by atoms with Gasteiger partial charge in [-0.2, -0.15) is 5.10 Å². The van der Waals surface area contributed by atoms with E-state index in [2.05, 4.69) is 10.2 Å². The molecule has 1 aliphatic carbocycles. The van der Waals surface area contributed by atoms with Crippen molar-refractivity contribution < 1.29 is 9.59 Å². The lowest BCUT2D eigenvalue weighted by molar-refractivity contribution is -0.134. The van der Waals surface area contributed by atoms with Gasteiger partial charge in [0.05, 0.1) is 11.8 Å². The molecule has 2 fully saturated rings. The Labute approximate surface area is 128 Å². The summed E-state index contributed by atoms with van der Waals surface area (Å²) in [5, 5.41) is 6.53. The van der Waals surface area contributed by atoms with Gasteiger partial charge in [-0.15, -0.1) is 0 Å². The molecule has 2 amide bonds. The summed E-state index contributed by atoms with van der Waals surface area (Å²) < 4.78 is 0. The molecular weight excluding hydrogens is 288 g/mol. The minimum absolute atomic E-state index is 0.123. The normalized spacial score (nSPS) is 21.8. The number of imide groups is 1. The Morgan fingerprint density at radius 1 is 1.24 bits per heavy atom. The predicted octanol–water partition coefficient (Wildman–Crippen LogP) is 1.65. The highest BCUT2D eigenvalue weighted by molar-refractivity contribution is 7.80. The van der Waals surface area contributed by atoms with Crippen molar-refractivity contribution in [3.63, 3.8) is 0 Å². The van der Waals surface area contributed by atoms with Gasteiger partial charge < -0.3 is 5.73 Å². The van der Waals surface area contributed by atoms with Crippen LogP contribution in [0.1, 0.15) is 50.5 Å². The fraction of sp³-hybridized carbons (Fsp3) is 0.571. The topological polar surface area (TPSA) is 92.1 Å². The molecule has 0 unspecified atom stereocenters. The Bertz CT molecular complexity index is 584. The van der Waals surface area contributed by atoms with Crippen molar-refractivity contribution >= 4 is 34.8 Å². The highest BCUT2D eigenvalue weighted by atomic mass is 32.1. The lowest BCUT2D eigenvalue weighted by Crippen LogP contribution is -2.49. The summed E-state index contributed by atoms with van der Waals surface area (Å²) in [4.78, 5) is 26.3. The lowest BCUT2D eigenvalue weighted by atomic mass is 9.67. The Morgan fingerprint density at radius 3 is 2.43 bits per heavy atom. The van der Waals surface area contributed by atoms with Crippen molar-refractivity contribution in [1.29, 1.82) is 0 Å². The van der Waals surface area contributed by atoms with E-state index in [0.717, 1.165) is 25.7 Å². The second kappa shape index (κ2) is 5.22. The molecule has 3 rings (SSSR count). The van der Waals surface area contributed by atoms with E-state index in [-0.39, 0.29) is 22.2 Å². The maximum atomic E-state index is 12.5. The Balaban J connectivity index is 1.89. The van der Waals surface area contributed by atoms with Crippen LogP contribution in [0.4, 0.5) is 5.82 Å². The van der Waals surface area contributed by atoms with Crippen LogP contribution in [0.3, 0.4) is 0 Å². The quantitative estimate of drug-likeness (QED) is 0.640. The number of hydrogen-bond acceptors (Lipinski definition) is 4. The number of amides is 2. The average Bonchev–Trinajstić information content (AvgIpc) is 2.87. The van der Waals surface area contributed by atoms with Crippen LogP contribution in [0.2, 0.25) is 0 Å². The molecule has 6 nitrogen and oxygen atoms in total. The molecule has 2 aliphatic rings. The van der Waals surface area contributed by atoms with Gasteiger partial charge in [-0.25, -0.2) is 4.90 Å².